The predicted molar refractivity (Wildman–Crippen MR) is 110 cm³/mol. The third-order valence-corrected chi connectivity index (χ3v) is 5.28. The van der Waals surface area contributed by atoms with E-state index in [-0.39, 0.29) is 11.2 Å². The summed E-state index contributed by atoms with van der Waals surface area (Å²) < 4.78 is 17.8. The summed E-state index contributed by atoms with van der Waals surface area (Å²) in [6, 6.07) is 11.4. The van der Waals surface area contributed by atoms with Crippen molar-refractivity contribution in [2.45, 2.75) is 23.9 Å². The van der Waals surface area contributed by atoms with Gasteiger partial charge in [-0.05, 0) is 31.2 Å². The molecule has 0 saturated carbocycles. The lowest BCUT2D eigenvalue weighted by molar-refractivity contribution is -0.120. The number of hydrogen-bond acceptors (Lipinski definition) is 7. The first-order valence-electron chi connectivity index (χ1n) is 9.15. The molecule has 0 unspecified atom stereocenters. The highest BCUT2D eigenvalue weighted by Crippen LogP contribution is 2.29. The number of nitrogens with one attached hydrogen (secondary N) is 1. The van der Waals surface area contributed by atoms with Crippen molar-refractivity contribution < 1.29 is 18.7 Å². The van der Waals surface area contributed by atoms with Crippen LogP contribution < -0.4 is 10.1 Å². The number of nitrogens with zero attached hydrogens (tertiary/aromatic N) is 3. The SMILES string of the molecule is COCCNC(=O)[C@@H](C)Sc1nnc(-c2cccc(OC)c2)n1Cc1ccco1. The summed E-state index contributed by atoms with van der Waals surface area (Å²) in [5.41, 5.74) is 0.868. The minimum atomic E-state index is -0.343. The molecule has 1 amide bonds. The Morgan fingerprint density at radius 3 is 2.86 bits per heavy atom. The zero-order chi connectivity index (χ0) is 20.6. The Labute approximate surface area is 173 Å². The maximum Gasteiger partial charge on any atom is 0.233 e. The minimum absolute atomic E-state index is 0.0810. The Morgan fingerprint density at radius 2 is 2.14 bits per heavy atom. The van der Waals surface area contributed by atoms with Gasteiger partial charge >= 0.3 is 0 Å². The molecule has 2 heterocycles. The molecule has 0 bridgehead atoms. The molecule has 2 aromatic heterocycles. The number of hydrogen-bond donors (Lipinski definition) is 1. The van der Waals surface area contributed by atoms with E-state index in [2.05, 4.69) is 15.5 Å². The second kappa shape index (κ2) is 10.1. The Balaban J connectivity index is 1.86. The summed E-state index contributed by atoms with van der Waals surface area (Å²) in [5.74, 6) is 2.10. The fourth-order valence-corrected chi connectivity index (χ4v) is 3.56. The number of aromatic nitrogens is 3. The van der Waals surface area contributed by atoms with Crippen molar-refractivity contribution in [2.75, 3.05) is 27.4 Å². The summed E-state index contributed by atoms with van der Waals surface area (Å²) in [5, 5.41) is 11.8. The normalized spacial score (nSPS) is 12.0. The second-order valence-corrected chi connectivity index (χ2v) is 7.56. The summed E-state index contributed by atoms with van der Waals surface area (Å²) >= 11 is 1.35. The van der Waals surface area contributed by atoms with E-state index < -0.39 is 0 Å². The molecule has 1 atom stereocenters. The fourth-order valence-electron chi connectivity index (χ4n) is 2.68. The largest absolute Gasteiger partial charge is 0.497 e. The number of thioether (sulfide) groups is 1. The molecule has 1 N–H and O–H groups in total. The molecule has 0 aliphatic rings. The number of carbonyl (C=O) groups is 1. The highest BCUT2D eigenvalue weighted by atomic mass is 32.2. The summed E-state index contributed by atoms with van der Waals surface area (Å²) in [6.45, 7) is 3.23. The number of carbonyl (C=O) groups excluding carboxylic acids is 1. The fraction of sp³-hybridized carbons (Fsp3) is 0.350. The molecule has 0 fully saturated rings. The molecule has 1 aromatic carbocycles. The molecule has 0 aliphatic carbocycles. The van der Waals surface area contributed by atoms with E-state index in [4.69, 9.17) is 13.9 Å². The number of rotatable bonds is 10. The molecule has 29 heavy (non-hydrogen) atoms. The average Bonchev–Trinajstić information content (AvgIpc) is 3.39. The van der Waals surface area contributed by atoms with E-state index >= 15 is 0 Å². The first kappa shape index (κ1) is 20.9. The van der Waals surface area contributed by atoms with Gasteiger partial charge in [-0.25, -0.2) is 0 Å². The molecule has 0 aliphatic heterocycles. The second-order valence-electron chi connectivity index (χ2n) is 6.25. The van der Waals surface area contributed by atoms with Crippen LogP contribution >= 0.6 is 11.8 Å². The van der Waals surface area contributed by atoms with Crippen LogP contribution in [0.15, 0.2) is 52.2 Å². The maximum atomic E-state index is 12.3. The van der Waals surface area contributed by atoms with Crippen LogP contribution in [0.1, 0.15) is 12.7 Å². The number of ether oxygens (including phenoxy) is 2. The summed E-state index contributed by atoms with van der Waals surface area (Å²) in [7, 11) is 3.22. The number of amides is 1. The van der Waals surface area contributed by atoms with E-state index in [0.29, 0.717) is 30.7 Å². The van der Waals surface area contributed by atoms with E-state index in [1.54, 1.807) is 20.5 Å². The molecule has 9 heteroatoms. The highest BCUT2D eigenvalue weighted by Gasteiger charge is 2.21. The maximum absolute atomic E-state index is 12.3. The van der Waals surface area contributed by atoms with Crippen molar-refractivity contribution in [1.29, 1.82) is 0 Å². The highest BCUT2D eigenvalue weighted by molar-refractivity contribution is 8.00. The van der Waals surface area contributed by atoms with Crippen LogP contribution in [0.2, 0.25) is 0 Å². The number of methoxy groups -OCH3 is 2. The van der Waals surface area contributed by atoms with Gasteiger partial charge < -0.3 is 19.2 Å². The van der Waals surface area contributed by atoms with Crippen LogP contribution in [0.4, 0.5) is 0 Å². The Bertz CT molecular complexity index is 926. The zero-order valence-electron chi connectivity index (χ0n) is 16.6. The van der Waals surface area contributed by atoms with Crippen molar-refractivity contribution in [3.05, 3.63) is 48.4 Å². The zero-order valence-corrected chi connectivity index (χ0v) is 17.4. The van der Waals surface area contributed by atoms with Gasteiger partial charge in [0.2, 0.25) is 5.91 Å². The lowest BCUT2D eigenvalue weighted by Gasteiger charge is -2.13. The van der Waals surface area contributed by atoms with Crippen LogP contribution in [0.25, 0.3) is 11.4 Å². The van der Waals surface area contributed by atoms with Crippen LogP contribution in [-0.2, 0) is 16.1 Å². The lowest BCUT2D eigenvalue weighted by Crippen LogP contribution is -2.33. The van der Waals surface area contributed by atoms with Crippen molar-refractivity contribution in [3.63, 3.8) is 0 Å². The third kappa shape index (κ3) is 5.39. The summed E-state index contributed by atoms with van der Waals surface area (Å²) in [4.78, 5) is 12.3. The molecule has 0 radical (unpaired) electrons. The van der Waals surface area contributed by atoms with Crippen molar-refractivity contribution >= 4 is 17.7 Å². The van der Waals surface area contributed by atoms with Gasteiger partial charge in [-0.3, -0.25) is 9.36 Å². The topological polar surface area (TPSA) is 91.4 Å². The van der Waals surface area contributed by atoms with Crippen molar-refractivity contribution in [1.82, 2.24) is 20.1 Å². The molecule has 0 spiro atoms. The molecular formula is C20H24N4O4S. The molecule has 3 aromatic rings. The van der Waals surface area contributed by atoms with Crippen LogP contribution in [0, 0.1) is 0 Å². The quantitative estimate of drug-likeness (QED) is 0.401. The van der Waals surface area contributed by atoms with Gasteiger partial charge in [0.25, 0.3) is 0 Å². The van der Waals surface area contributed by atoms with Gasteiger partial charge in [-0.1, -0.05) is 23.9 Å². The van der Waals surface area contributed by atoms with E-state index in [0.717, 1.165) is 17.1 Å². The van der Waals surface area contributed by atoms with Gasteiger partial charge in [0, 0.05) is 19.2 Å². The van der Waals surface area contributed by atoms with Gasteiger partial charge in [0.05, 0.1) is 31.8 Å². The molecule has 8 nitrogen and oxygen atoms in total. The van der Waals surface area contributed by atoms with Crippen molar-refractivity contribution in [3.8, 4) is 17.1 Å². The van der Waals surface area contributed by atoms with Crippen LogP contribution in [-0.4, -0.2) is 53.3 Å². The smallest absolute Gasteiger partial charge is 0.233 e. The van der Waals surface area contributed by atoms with Gasteiger partial charge in [0.15, 0.2) is 11.0 Å². The third-order valence-electron chi connectivity index (χ3n) is 4.20. The van der Waals surface area contributed by atoms with Crippen LogP contribution in [0.3, 0.4) is 0 Å². The monoisotopic (exact) mass is 416 g/mol. The van der Waals surface area contributed by atoms with E-state index in [1.165, 1.54) is 11.8 Å². The van der Waals surface area contributed by atoms with E-state index in [1.807, 2.05) is 47.9 Å². The minimum Gasteiger partial charge on any atom is -0.497 e. The van der Waals surface area contributed by atoms with Gasteiger partial charge in [0.1, 0.15) is 11.5 Å². The van der Waals surface area contributed by atoms with Gasteiger partial charge in [-0.15, -0.1) is 10.2 Å². The molecular weight excluding hydrogens is 392 g/mol. The Kier molecular flexibility index (Phi) is 7.31. The molecule has 0 saturated heterocycles. The standard InChI is InChI=1S/C20H24N4O4S/c1-14(19(25)21-9-11-26-2)29-20-23-22-18(15-6-4-7-16(12-15)27-3)24(20)13-17-8-5-10-28-17/h4-8,10,12,14H,9,11,13H2,1-3H3,(H,21,25)/t14-/m1/s1. The molecule has 3 rings (SSSR count). The average molecular weight is 417 g/mol. The Hall–Kier alpha value is -2.78. The lowest BCUT2D eigenvalue weighted by atomic mass is 10.2. The number of benzene rings is 1. The Morgan fingerprint density at radius 1 is 1.28 bits per heavy atom. The van der Waals surface area contributed by atoms with E-state index in [9.17, 15) is 4.79 Å². The van der Waals surface area contributed by atoms with Crippen molar-refractivity contribution in [2.24, 2.45) is 0 Å². The first-order chi connectivity index (χ1) is 14.1. The van der Waals surface area contributed by atoms with Crippen LogP contribution in [0.5, 0.6) is 5.75 Å². The predicted octanol–water partition coefficient (Wildman–Crippen LogP) is 2.84. The molecule has 154 valence electrons. The van der Waals surface area contributed by atoms with Gasteiger partial charge in [-0.2, -0.15) is 0 Å². The summed E-state index contributed by atoms with van der Waals surface area (Å²) in [6.07, 6.45) is 1.63. The number of furan rings is 1. The first-order valence-corrected chi connectivity index (χ1v) is 10.0.